The Morgan fingerprint density at radius 1 is 1.71 bits per heavy atom. The molecule has 0 radical (unpaired) electrons. The monoisotopic (exact) mass is 254 g/mol. The highest BCUT2D eigenvalue weighted by molar-refractivity contribution is 7.15. The van der Waals surface area contributed by atoms with E-state index in [1.807, 2.05) is 13.1 Å². The summed E-state index contributed by atoms with van der Waals surface area (Å²) in [5.41, 5.74) is 0. The Morgan fingerprint density at radius 2 is 2.53 bits per heavy atom. The number of hydrogen-bond acceptors (Lipinski definition) is 4. The number of hydrogen-bond donors (Lipinski definition) is 1. The summed E-state index contributed by atoms with van der Waals surface area (Å²) in [5.74, 6) is 0.234. The molecule has 1 aromatic rings. The number of rotatable bonds is 4. The number of aryl methyl sites for hydroxylation is 1. The fourth-order valence-electron chi connectivity index (χ4n) is 1.93. The maximum atomic E-state index is 11.9. The lowest BCUT2D eigenvalue weighted by Gasteiger charge is -2.12. The van der Waals surface area contributed by atoms with Crippen molar-refractivity contribution < 1.29 is 9.53 Å². The van der Waals surface area contributed by atoms with Gasteiger partial charge < -0.3 is 4.74 Å². The van der Waals surface area contributed by atoms with Crippen LogP contribution in [0.2, 0.25) is 0 Å². The molecule has 4 nitrogen and oxygen atoms in total. The molecule has 94 valence electrons. The Morgan fingerprint density at radius 3 is 3.18 bits per heavy atom. The van der Waals surface area contributed by atoms with Crippen LogP contribution in [0.4, 0.5) is 5.13 Å². The molecular formula is C12H18N2O2S. The summed E-state index contributed by atoms with van der Waals surface area (Å²) in [4.78, 5) is 17.3. The van der Waals surface area contributed by atoms with Crippen LogP contribution < -0.4 is 5.32 Å². The molecular weight excluding hydrogens is 236 g/mol. The SMILES string of the molecule is CCCc1cnc(NC(=O)[C@@H]2OCC[C@H]2C)s1. The first-order valence-electron chi connectivity index (χ1n) is 6.08. The van der Waals surface area contributed by atoms with E-state index in [4.69, 9.17) is 4.74 Å². The first-order valence-corrected chi connectivity index (χ1v) is 6.89. The van der Waals surface area contributed by atoms with E-state index in [1.54, 1.807) is 11.3 Å². The number of anilines is 1. The van der Waals surface area contributed by atoms with Gasteiger partial charge in [0.1, 0.15) is 6.10 Å². The zero-order valence-electron chi connectivity index (χ0n) is 10.2. The first-order chi connectivity index (χ1) is 8.20. The van der Waals surface area contributed by atoms with Crippen molar-refractivity contribution in [1.29, 1.82) is 0 Å². The molecule has 5 heteroatoms. The van der Waals surface area contributed by atoms with Crippen molar-refractivity contribution in [1.82, 2.24) is 4.98 Å². The van der Waals surface area contributed by atoms with Crippen LogP contribution in [0.5, 0.6) is 0 Å². The third kappa shape index (κ3) is 3.04. The van der Waals surface area contributed by atoms with Crippen LogP contribution >= 0.6 is 11.3 Å². The number of nitrogens with one attached hydrogen (secondary N) is 1. The van der Waals surface area contributed by atoms with E-state index in [-0.39, 0.29) is 12.0 Å². The molecule has 0 bridgehead atoms. The topological polar surface area (TPSA) is 51.2 Å². The highest BCUT2D eigenvalue weighted by atomic mass is 32.1. The zero-order valence-corrected chi connectivity index (χ0v) is 11.0. The van der Waals surface area contributed by atoms with Gasteiger partial charge >= 0.3 is 0 Å². The molecule has 1 saturated heterocycles. The smallest absolute Gasteiger partial charge is 0.255 e. The molecule has 2 heterocycles. The second-order valence-corrected chi connectivity index (χ2v) is 5.54. The number of thiazole rings is 1. The predicted octanol–water partition coefficient (Wildman–Crippen LogP) is 2.46. The molecule has 0 saturated carbocycles. The largest absolute Gasteiger partial charge is 0.368 e. The summed E-state index contributed by atoms with van der Waals surface area (Å²) >= 11 is 1.55. The van der Waals surface area contributed by atoms with E-state index in [0.717, 1.165) is 19.3 Å². The summed E-state index contributed by atoms with van der Waals surface area (Å²) < 4.78 is 5.42. The third-order valence-corrected chi connectivity index (χ3v) is 3.90. The average molecular weight is 254 g/mol. The van der Waals surface area contributed by atoms with Crippen molar-refractivity contribution in [2.75, 3.05) is 11.9 Å². The number of ether oxygens (including phenoxy) is 1. The Balaban J connectivity index is 1.93. The summed E-state index contributed by atoms with van der Waals surface area (Å²) in [6, 6.07) is 0. The number of nitrogens with zero attached hydrogens (tertiary/aromatic N) is 1. The van der Waals surface area contributed by atoms with Crippen LogP contribution in [0.25, 0.3) is 0 Å². The average Bonchev–Trinajstić information content (AvgIpc) is 2.88. The van der Waals surface area contributed by atoms with Crippen molar-refractivity contribution >= 4 is 22.4 Å². The fraction of sp³-hybridized carbons (Fsp3) is 0.667. The molecule has 2 atom stereocenters. The summed E-state index contributed by atoms with van der Waals surface area (Å²) in [5, 5.41) is 3.52. The van der Waals surface area contributed by atoms with E-state index in [0.29, 0.717) is 17.7 Å². The van der Waals surface area contributed by atoms with E-state index in [1.165, 1.54) is 4.88 Å². The van der Waals surface area contributed by atoms with Crippen LogP contribution in [-0.2, 0) is 16.0 Å². The highest BCUT2D eigenvalue weighted by Crippen LogP contribution is 2.24. The molecule has 17 heavy (non-hydrogen) atoms. The quantitative estimate of drug-likeness (QED) is 0.898. The standard InChI is InChI=1S/C12H18N2O2S/c1-3-4-9-7-13-12(17-9)14-11(15)10-8(2)5-6-16-10/h7-8,10H,3-6H2,1-2H3,(H,13,14,15)/t8-,10-/m1/s1. The van der Waals surface area contributed by atoms with Crippen LogP contribution in [0, 0.1) is 5.92 Å². The van der Waals surface area contributed by atoms with E-state index in [9.17, 15) is 4.79 Å². The minimum absolute atomic E-state index is 0.0626. The maximum Gasteiger partial charge on any atom is 0.255 e. The Hall–Kier alpha value is -0.940. The van der Waals surface area contributed by atoms with Gasteiger partial charge in [0.2, 0.25) is 0 Å². The van der Waals surface area contributed by atoms with Gasteiger partial charge in [0.15, 0.2) is 5.13 Å². The molecule has 1 aromatic heterocycles. The molecule has 1 aliphatic heterocycles. The molecule has 2 rings (SSSR count). The lowest BCUT2D eigenvalue weighted by atomic mass is 10.0. The summed E-state index contributed by atoms with van der Waals surface area (Å²) in [7, 11) is 0. The second-order valence-electron chi connectivity index (χ2n) is 4.43. The first kappa shape index (κ1) is 12.5. The molecule has 1 aliphatic rings. The van der Waals surface area contributed by atoms with Gasteiger partial charge in [0.25, 0.3) is 5.91 Å². The van der Waals surface area contributed by atoms with Gasteiger partial charge in [-0.25, -0.2) is 4.98 Å². The van der Waals surface area contributed by atoms with Gasteiger partial charge in [-0.05, 0) is 18.8 Å². The van der Waals surface area contributed by atoms with Gasteiger partial charge in [-0.2, -0.15) is 0 Å². The van der Waals surface area contributed by atoms with Crippen molar-refractivity contribution in [2.45, 2.75) is 39.2 Å². The van der Waals surface area contributed by atoms with E-state index in [2.05, 4.69) is 17.2 Å². The molecule has 0 aliphatic carbocycles. The summed E-state index contributed by atoms with van der Waals surface area (Å²) in [6.45, 7) is 4.85. The Bertz CT molecular complexity index is 392. The maximum absolute atomic E-state index is 11.9. The van der Waals surface area contributed by atoms with Gasteiger partial charge in [-0.15, -0.1) is 11.3 Å². The third-order valence-electron chi connectivity index (χ3n) is 2.93. The highest BCUT2D eigenvalue weighted by Gasteiger charge is 2.31. The number of carbonyl (C=O) groups is 1. The van der Waals surface area contributed by atoms with Gasteiger partial charge in [0.05, 0.1) is 0 Å². The Kier molecular flexibility index (Phi) is 4.12. The molecule has 0 spiro atoms. The van der Waals surface area contributed by atoms with Crippen molar-refractivity contribution in [3.8, 4) is 0 Å². The van der Waals surface area contributed by atoms with Crippen LogP contribution in [0.15, 0.2) is 6.20 Å². The van der Waals surface area contributed by atoms with Crippen molar-refractivity contribution in [3.05, 3.63) is 11.1 Å². The summed E-state index contributed by atoms with van der Waals surface area (Å²) in [6.07, 6.45) is 4.59. The van der Waals surface area contributed by atoms with Gasteiger partial charge in [-0.3, -0.25) is 10.1 Å². The van der Waals surface area contributed by atoms with Gasteiger partial charge in [0, 0.05) is 17.7 Å². The van der Waals surface area contributed by atoms with Crippen LogP contribution in [0.3, 0.4) is 0 Å². The van der Waals surface area contributed by atoms with E-state index >= 15 is 0 Å². The molecule has 1 fully saturated rings. The van der Waals surface area contributed by atoms with E-state index < -0.39 is 0 Å². The fourth-order valence-corrected chi connectivity index (χ4v) is 2.85. The minimum atomic E-state index is -0.312. The van der Waals surface area contributed by atoms with Crippen molar-refractivity contribution in [3.63, 3.8) is 0 Å². The zero-order chi connectivity index (χ0) is 12.3. The minimum Gasteiger partial charge on any atom is -0.368 e. The lowest BCUT2D eigenvalue weighted by Crippen LogP contribution is -2.31. The molecule has 0 aromatic carbocycles. The molecule has 0 unspecified atom stereocenters. The Labute approximate surface area is 105 Å². The van der Waals surface area contributed by atoms with Crippen molar-refractivity contribution in [2.24, 2.45) is 5.92 Å². The lowest BCUT2D eigenvalue weighted by molar-refractivity contribution is -0.126. The van der Waals surface area contributed by atoms with Crippen LogP contribution in [-0.4, -0.2) is 23.6 Å². The predicted molar refractivity (Wildman–Crippen MR) is 68.3 cm³/mol. The van der Waals surface area contributed by atoms with Gasteiger partial charge in [-0.1, -0.05) is 20.3 Å². The second kappa shape index (κ2) is 5.60. The number of aromatic nitrogens is 1. The number of amides is 1. The normalized spacial score (nSPS) is 23.9. The number of carbonyl (C=O) groups excluding carboxylic acids is 1. The molecule has 1 amide bonds. The molecule has 1 N–H and O–H groups in total. The van der Waals surface area contributed by atoms with Crippen LogP contribution in [0.1, 0.15) is 31.6 Å².